The summed E-state index contributed by atoms with van der Waals surface area (Å²) in [4.78, 5) is 27.2. The van der Waals surface area contributed by atoms with E-state index in [9.17, 15) is 9.59 Å². The highest BCUT2D eigenvalue weighted by atomic mass is 79.9. The standard InChI is InChI=1S/C11H12BrN3O2/c12-8-4-7(5-13-6-8)10(16)15-9-2-1-3-14-11(9)17/h4-6,9H,1-3H2,(H,14,17)(H,15,16). The topological polar surface area (TPSA) is 71.1 Å². The zero-order chi connectivity index (χ0) is 12.3. The number of halogens is 1. The van der Waals surface area contributed by atoms with Crippen LogP contribution >= 0.6 is 15.9 Å². The number of hydrogen-bond acceptors (Lipinski definition) is 3. The summed E-state index contributed by atoms with van der Waals surface area (Å²) in [7, 11) is 0. The largest absolute Gasteiger partial charge is 0.354 e. The summed E-state index contributed by atoms with van der Waals surface area (Å²) in [6, 6.07) is 1.23. The van der Waals surface area contributed by atoms with E-state index in [1.54, 1.807) is 12.3 Å². The molecule has 1 aromatic rings. The maximum Gasteiger partial charge on any atom is 0.253 e. The highest BCUT2D eigenvalue weighted by molar-refractivity contribution is 9.10. The number of aromatic nitrogens is 1. The van der Waals surface area contributed by atoms with Crippen molar-refractivity contribution >= 4 is 27.7 Å². The van der Waals surface area contributed by atoms with Crippen LogP contribution in [0.25, 0.3) is 0 Å². The number of amides is 2. The smallest absolute Gasteiger partial charge is 0.253 e. The molecule has 1 aliphatic heterocycles. The fourth-order valence-corrected chi connectivity index (χ4v) is 2.05. The van der Waals surface area contributed by atoms with Crippen molar-refractivity contribution in [3.8, 4) is 0 Å². The van der Waals surface area contributed by atoms with Crippen LogP contribution in [0.3, 0.4) is 0 Å². The second-order valence-corrected chi connectivity index (χ2v) is 4.77. The Labute approximate surface area is 107 Å². The molecular formula is C11H12BrN3O2. The summed E-state index contributed by atoms with van der Waals surface area (Å²) in [6.07, 6.45) is 4.64. The Balaban J connectivity index is 2.03. The highest BCUT2D eigenvalue weighted by Crippen LogP contribution is 2.10. The molecule has 1 aromatic heterocycles. The lowest BCUT2D eigenvalue weighted by Crippen LogP contribution is -2.50. The van der Waals surface area contributed by atoms with Crippen molar-refractivity contribution in [1.82, 2.24) is 15.6 Å². The molecular weight excluding hydrogens is 286 g/mol. The predicted octanol–water partition coefficient (Wildman–Crippen LogP) is 0.853. The Morgan fingerprint density at radius 3 is 3.06 bits per heavy atom. The molecule has 1 saturated heterocycles. The SMILES string of the molecule is O=C(NC1CCCNC1=O)c1cncc(Br)c1. The van der Waals surface area contributed by atoms with E-state index < -0.39 is 6.04 Å². The van der Waals surface area contributed by atoms with Crippen LogP contribution in [0.2, 0.25) is 0 Å². The van der Waals surface area contributed by atoms with Gasteiger partial charge in [-0.2, -0.15) is 0 Å². The third-order valence-electron chi connectivity index (χ3n) is 2.56. The number of carbonyl (C=O) groups is 2. The van der Waals surface area contributed by atoms with Gasteiger partial charge in [0.25, 0.3) is 5.91 Å². The van der Waals surface area contributed by atoms with Crippen LogP contribution < -0.4 is 10.6 Å². The van der Waals surface area contributed by atoms with Gasteiger partial charge < -0.3 is 10.6 Å². The second kappa shape index (κ2) is 5.27. The van der Waals surface area contributed by atoms with Crippen LogP contribution in [0.1, 0.15) is 23.2 Å². The lowest BCUT2D eigenvalue weighted by atomic mass is 10.1. The van der Waals surface area contributed by atoms with Crippen LogP contribution in [-0.2, 0) is 4.79 Å². The minimum atomic E-state index is -0.435. The monoisotopic (exact) mass is 297 g/mol. The van der Waals surface area contributed by atoms with E-state index in [1.165, 1.54) is 6.20 Å². The number of rotatable bonds is 2. The van der Waals surface area contributed by atoms with E-state index in [1.807, 2.05) is 0 Å². The Hall–Kier alpha value is -1.43. The number of carbonyl (C=O) groups excluding carboxylic acids is 2. The molecule has 1 fully saturated rings. The molecule has 0 aromatic carbocycles. The van der Waals surface area contributed by atoms with Crippen molar-refractivity contribution in [2.45, 2.75) is 18.9 Å². The van der Waals surface area contributed by atoms with Crippen molar-refractivity contribution in [1.29, 1.82) is 0 Å². The number of nitrogens with zero attached hydrogens (tertiary/aromatic N) is 1. The van der Waals surface area contributed by atoms with Gasteiger partial charge in [0.1, 0.15) is 6.04 Å². The maximum absolute atomic E-state index is 11.9. The Kier molecular flexibility index (Phi) is 3.73. The van der Waals surface area contributed by atoms with Gasteiger partial charge >= 0.3 is 0 Å². The van der Waals surface area contributed by atoms with Crippen LogP contribution in [-0.4, -0.2) is 29.4 Å². The van der Waals surface area contributed by atoms with Gasteiger partial charge in [0.2, 0.25) is 5.91 Å². The van der Waals surface area contributed by atoms with Gasteiger partial charge in [-0.25, -0.2) is 0 Å². The number of hydrogen-bond donors (Lipinski definition) is 2. The van der Waals surface area contributed by atoms with Gasteiger partial charge in [-0.15, -0.1) is 0 Å². The van der Waals surface area contributed by atoms with E-state index in [2.05, 4.69) is 31.5 Å². The molecule has 0 saturated carbocycles. The first-order valence-electron chi connectivity index (χ1n) is 5.36. The van der Waals surface area contributed by atoms with Gasteiger partial charge in [-0.1, -0.05) is 0 Å². The third kappa shape index (κ3) is 3.03. The Morgan fingerprint density at radius 1 is 1.53 bits per heavy atom. The van der Waals surface area contributed by atoms with Gasteiger partial charge in [0.05, 0.1) is 5.56 Å². The first kappa shape index (κ1) is 12.0. The molecule has 1 unspecified atom stereocenters. The minimum Gasteiger partial charge on any atom is -0.354 e. The molecule has 0 spiro atoms. The highest BCUT2D eigenvalue weighted by Gasteiger charge is 2.23. The first-order chi connectivity index (χ1) is 8.16. The predicted molar refractivity (Wildman–Crippen MR) is 65.4 cm³/mol. The molecule has 90 valence electrons. The zero-order valence-electron chi connectivity index (χ0n) is 9.07. The lowest BCUT2D eigenvalue weighted by Gasteiger charge is -2.22. The van der Waals surface area contributed by atoms with Crippen molar-refractivity contribution in [2.75, 3.05) is 6.54 Å². The van der Waals surface area contributed by atoms with Gasteiger partial charge in [-0.3, -0.25) is 14.6 Å². The molecule has 17 heavy (non-hydrogen) atoms. The molecule has 1 aliphatic rings. The minimum absolute atomic E-state index is 0.118. The van der Waals surface area contributed by atoms with Gasteiger partial charge in [0, 0.05) is 23.4 Å². The first-order valence-corrected chi connectivity index (χ1v) is 6.15. The van der Waals surface area contributed by atoms with Gasteiger partial charge in [0.15, 0.2) is 0 Å². The molecule has 2 rings (SSSR count). The molecule has 0 radical (unpaired) electrons. The van der Waals surface area contributed by atoms with E-state index >= 15 is 0 Å². The summed E-state index contributed by atoms with van der Waals surface area (Å²) in [5.41, 5.74) is 0.442. The quantitative estimate of drug-likeness (QED) is 0.850. The molecule has 1 atom stereocenters. The molecule has 6 heteroatoms. The number of pyridine rings is 1. The Bertz CT molecular complexity index is 450. The fourth-order valence-electron chi connectivity index (χ4n) is 1.69. The Morgan fingerprint density at radius 2 is 2.35 bits per heavy atom. The average Bonchev–Trinajstić information content (AvgIpc) is 2.32. The number of piperidine rings is 1. The van der Waals surface area contributed by atoms with E-state index in [0.29, 0.717) is 18.5 Å². The molecule has 2 N–H and O–H groups in total. The third-order valence-corrected chi connectivity index (χ3v) is 2.99. The second-order valence-electron chi connectivity index (χ2n) is 3.85. The van der Waals surface area contributed by atoms with Crippen molar-refractivity contribution in [3.05, 3.63) is 28.5 Å². The summed E-state index contributed by atoms with van der Waals surface area (Å²) >= 11 is 3.25. The van der Waals surface area contributed by atoms with E-state index in [-0.39, 0.29) is 11.8 Å². The fraction of sp³-hybridized carbons (Fsp3) is 0.364. The van der Waals surface area contributed by atoms with Crippen LogP contribution in [0.5, 0.6) is 0 Å². The maximum atomic E-state index is 11.9. The van der Waals surface area contributed by atoms with Crippen LogP contribution in [0.15, 0.2) is 22.9 Å². The molecule has 5 nitrogen and oxygen atoms in total. The van der Waals surface area contributed by atoms with E-state index in [4.69, 9.17) is 0 Å². The number of nitrogens with one attached hydrogen (secondary N) is 2. The molecule has 0 bridgehead atoms. The summed E-state index contributed by atoms with van der Waals surface area (Å²) < 4.78 is 0.734. The summed E-state index contributed by atoms with van der Waals surface area (Å²) in [5.74, 6) is -0.395. The van der Waals surface area contributed by atoms with Crippen LogP contribution in [0, 0.1) is 0 Å². The normalized spacial score (nSPS) is 19.6. The van der Waals surface area contributed by atoms with Crippen LogP contribution in [0.4, 0.5) is 0 Å². The summed E-state index contributed by atoms with van der Waals surface area (Å²) in [5, 5.41) is 5.42. The van der Waals surface area contributed by atoms with Gasteiger partial charge in [-0.05, 0) is 34.8 Å². The average molecular weight is 298 g/mol. The molecule has 0 aliphatic carbocycles. The summed E-state index contributed by atoms with van der Waals surface area (Å²) in [6.45, 7) is 0.684. The van der Waals surface area contributed by atoms with E-state index in [0.717, 1.165) is 10.9 Å². The zero-order valence-corrected chi connectivity index (χ0v) is 10.7. The lowest BCUT2D eigenvalue weighted by molar-refractivity contribution is -0.124. The van der Waals surface area contributed by atoms with Crippen molar-refractivity contribution in [3.63, 3.8) is 0 Å². The van der Waals surface area contributed by atoms with Crippen molar-refractivity contribution < 1.29 is 9.59 Å². The molecule has 2 heterocycles. The van der Waals surface area contributed by atoms with Crippen molar-refractivity contribution in [2.24, 2.45) is 0 Å². The molecule has 2 amide bonds.